The molecule has 7 rings (SSSR count). The van der Waals surface area contributed by atoms with Gasteiger partial charge in [0.05, 0.1) is 12.0 Å². The van der Waals surface area contributed by atoms with Crippen molar-refractivity contribution >= 4 is 17.3 Å². The van der Waals surface area contributed by atoms with Crippen molar-refractivity contribution in [1.82, 2.24) is 4.90 Å². The van der Waals surface area contributed by atoms with E-state index in [2.05, 4.69) is 61.5 Å². The van der Waals surface area contributed by atoms with Gasteiger partial charge in [-0.2, -0.15) is 0 Å². The van der Waals surface area contributed by atoms with E-state index in [9.17, 15) is 0 Å². The zero-order valence-corrected chi connectivity index (χ0v) is 32.0. The lowest BCUT2D eigenvalue weighted by Crippen LogP contribution is -2.46. The van der Waals surface area contributed by atoms with Gasteiger partial charge in [0.25, 0.3) is 0 Å². The molecule has 2 aliphatic heterocycles. The predicted molar refractivity (Wildman–Crippen MR) is 199 cm³/mol. The Kier molecular flexibility index (Phi) is 10.5. The monoisotopic (exact) mass is 677 g/mol. The van der Waals surface area contributed by atoms with Crippen LogP contribution in [0.4, 0.5) is 0 Å². The Hall–Kier alpha value is -1.36. The molecule has 2 heterocycles. The molecule has 1 saturated heterocycles. The van der Waals surface area contributed by atoms with E-state index in [0.29, 0.717) is 12.1 Å². The van der Waals surface area contributed by atoms with Crippen LogP contribution in [0.25, 0.3) is 0 Å². The first-order chi connectivity index (χ1) is 23.2. The molecule has 0 N–H and O–H groups in total. The standard InChI is InChI=1S/C43H66ClN2O2/c1-42(2)37(45(25-27-47-5)35-21-17-29-11-7-9-13-33(29)39(35)42)23-19-31-15-16-32(41(31)44)20-24-38-43(3,4)40-34-14-10-8-12-30(34)18-22-36(40)46(38)26-28-48-6/h19-20,23-24,29-30,33-36,39-40H,7-18,21-22,25-28H2,1-6H3/q+1. The van der Waals surface area contributed by atoms with Crippen LogP contribution in [-0.4, -0.2) is 67.8 Å². The fraction of sp³-hybridized carbons (Fsp3) is 0.791. The SMILES string of the molecule is COCCN1/C(=C/C=C2\CCC(/C=C/C3=[N+](CCOC)C4CCC5CCCCC5C4C3(C)C)=C2Cl)C(C)(C)C2C3CCCCC3CCC21. The third kappa shape index (κ3) is 6.14. The molecule has 5 aliphatic carbocycles. The highest BCUT2D eigenvalue weighted by Crippen LogP contribution is 2.60. The molecule has 5 fully saturated rings. The molecule has 48 heavy (non-hydrogen) atoms. The zero-order chi connectivity index (χ0) is 33.6. The van der Waals surface area contributed by atoms with Crippen molar-refractivity contribution in [2.24, 2.45) is 46.3 Å². The zero-order valence-electron chi connectivity index (χ0n) is 31.2. The van der Waals surface area contributed by atoms with Crippen LogP contribution in [0, 0.1) is 46.3 Å². The van der Waals surface area contributed by atoms with Gasteiger partial charge in [-0.3, -0.25) is 0 Å². The minimum absolute atomic E-state index is 0.165. The first-order valence-corrected chi connectivity index (χ1v) is 20.4. The summed E-state index contributed by atoms with van der Waals surface area (Å²) < 4.78 is 14.1. The predicted octanol–water partition coefficient (Wildman–Crippen LogP) is 9.94. The van der Waals surface area contributed by atoms with Crippen molar-refractivity contribution in [2.75, 3.05) is 40.5 Å². The Labute approximate surface area is 298 Å². The molecule has 8 unspecified atom stereocenters. The number of hydrogen-bond acceptors (Lipinski definition) is 3. The van der Waals surface area contributed by atoms with Crippen LogP contribution in [0.15, 0.2) is 46.2 Å². The summed E-state index contributed by atoms with van der Waals surface area (Å²) in [6, 6.07) is 1.29. The average Bonchev–Trinajstić information content (AvgIpc) is 3.63. The molecule has 0 amide bonds. The van der Waals surface area contributed by atoms with Crippen molar-refractivity contribution in [3.63, 3.8) is 0 Å². The van der Waals surface area contributed by atoms with E-state index in [0.717, 1.165) is 79.7 Å². The van der Waals surface area contributed by atoms with Crippen LogP contribution in [0.5, 0.6) is 0 Å². The molecule has 0 spiro atoms. The minimum Gasteiger partial charge on any atom is -0.383 e. The van der Waals surface area contributed by atoms with E-state index in [1.165, 1.54) is 99.6 Å². The van der Waals surface area contributed by atoms with Gasteiger partial charge in [-0.25, -0.2) is 4.58 Å². The smallest absolute Gasteiger partial charge is 0.182 e. The van der Waals surface area contributed by atoms with Crippen LogP contribution in [0.2, 0.25) is 0 Å². The third-order valence-corrected chi connectivity index (χ3v) is 15.4. The topological polar surface area (TPSA) is 24.7 Å². The highest BCUT2D eigenvalue weighted by molar-refractivity contribution is 6.33. The Morgan fingerprint density at radius 2 is 1.42 bits per heavy atom. The number of likely N-dealkylation sites (tertiary alicyclic amines) is 1. The number of rotatable bonds is 9. The van der Waals surface area contributed by atoms with Gasteiger partial charge in [0.15, 0.2) is 18.3 Å². The van der Waals surface area contributed by atoms with Crippen molar-refractivity contribution < 1.29 is 14.0 Å². The van der Waals surface area contributed by atoms with Crippen molar-refractivity contribution in [3.05, 3.63) is 46.2 Å². The molecule has 0 aromatic rings. The molecular weight excluding hydrogens is 612 g/mol. The van der Waals surface area contributed by atoms with Crippen LogP contribution in [0.3, 0.4) is 0 Å². The van der Waals surface area contributed by atoms with E-state index in [1.807, 2.05) is 14.2 Å². The highest BCUT2D eigenvalue weighted by Gasteiger charge is 2.60. The highest BCUT2D eigenvalue weighted by atomic mass is 35.5. The molecule has 4 nitrogen and oxygen atoms in total. The van der Waals surface area contributed by atoms with Gasteiger partial charge < -0.3 is 14.4 Å². The van der Waals surface area contributed by atoms with Crippen molar-refractivity contribution in [3.8, 4) is 0 Å². The first kappa shape index (κ1) is 35.1. The van der Waals surface area contributed by atoms with Crippen molar-refractivity contribution in [1.29, 1.82) is 0 Å². The quantitative estimate of drug-likeness (QED) is 0.227. The van der Waals surface area contributed by atoms with Crippen LogP contribution >= 0.6 is 11.6 Å². The number of allylic oxidation sites excluding steroid dienone is 8. The second-order valence-electron chi connectivity index (χ2n) is 17.9. The molecule has 266 valence electrons. The van der Waals surface area contributed by atoms with Gasteiger partial charge >= 0.3 is 0 Å². The van der Waals surface area contributed by atoms with Gasteiger partial charge in [-0.15, -0.1) is 0 Å². The molecule has 5 heteroatoms. The lowest BCUT2D eigenvalue weighted by molar-refractivity contribution is -0.571. The average molecular weight is 678 g/mol. The summed E-state index contributed by atoms with van der Waals surface area (Å²) in [5.41, 5.74) is 5.98. The number of ether oxygens (including phenoxy) is 2. The summed E-state index contributed by atoms with van der Waals surface area (Å²) in [5, 5.41) is 0.983. The first-order valence-electron chi connectivity index (χ1n) is 20.1. The number of hydrogen-bond donors (Lipinski definition) is 0. The number of halogens is 1. The van der Waals surface area contributed by atoms with Crippen LogP contribution in [-0.2, 0) is 9.47 Å². The Morgan fingerprint density at radius 1 is 0.750 bits per heavy atom. The third-order valence-electron chi connectivity index (χ3n) is 14.9. The molecule has 0 bridgehead atoms. The summed E-state index contributed by atoms with van der Waals surface area (Å²) in [5.74, 6) is 5.10. The second-order valence-corrected chi connectivity index (χ2v) is 18.3. The van der Waals surface area contributed by atoms with Gasteiger partial charge in [0.1, 0.15) is 6.61 Å². The Balaban J connectivity index is 1.16. The van der Waals surface area contributed by atoms with E-state index in [1.54, 1.807) is 0 Å². The normalized spacial score (nSPS) is 39.0. The van der Waals surface area contributed by atoms with Gasteiger partial charge in [0.2, 0.25) is 0 Å². The molecule has 8 atom stereocenters. The largest absolute Gasteiger partial charge is 0.383 e. The Bertz CT molecular complexity index is 1350. The molecule has 4 saturated carbocycles. The van der Waals surface area contributed by atoms with E-state index >= 15 is 0 Å². The molecular formula is C43H66ClN2O2+. The summed E-state index contributed by atoms with van der Waals surface area (Å²) >= 11 is 7.28. The lowest BCUT2D eigenvalue weighted by atomic mass is 9.57. The number of methoxy groups -OCH3 is 2. The van der Waals surface area contributed by atoms with Gasteiger partial charge in [-0.1, -0.05) is 76.1 Å². The summed E-state index contributed by atoms with van der Waals surface area (Å²) in [4.78, 5) is 2.76. The molecule has 0 aromatic heterocycles. The maximum absolute atomic E-state index is 7.28. The fourth-order valence-corrected chi connectivity index (χ4v) is 13.3. The van der Waals surface area contributed by atoms with Crippen LogP contribution in [0.1, 0.15) is 118 Å². The lowest BCUT2D eigenvalue weighted by Gasteiger charge is -2.47. The Morgan fingerprint density at radius 3 is 2.12 bits per heavy atom. The van der Waals surface area contributed by atoms with Crippen molar-refractivity contribution in [2.45, 2.75) is 130 Å². The van der Waals surface area contributed by atoms with Gasteiger partial charge in [-0.05, 0) is 106 Å². The fourth-order valence-electron chi connectivity index (χ4n) is 12.9. The van der Waals surface area contributed by atoms with E-state index < -0.39 is 0 Å². The summed E-state index contributed by atoms with van der Waals surface area (Å²) in [7, 11) is 3.70. The van der Waals surface area contributed by atoms with Gasteiger partial charge in [0, 0.05) is 61.4 Å². The molecule has 7 aliphatic rings. The summed E-state index contributed by atoms with van der Waals surface area (Å²) in [6.45, 7) is 13.7. The molecule has 0 aromatic carbocycles. The number of nitrogens with zero attached hydrogens (tertiary/aromatic N) is 2. The minimum atomic E-state index is 0.165. The number of fused-ring (bicyclic) bond motifs is 6. The maximum atomic E-state index is 7.28. The maximum Gasteiger partial charge on any atom is 0.182 e. The van der Waals surface area contributed by atoms with Crippen LogP contribution < -0.4 is 0 Å². The molecule has 0 radical (unpaired) electrons. The summed E-state index contributed by atoms with van der Waals surface area (Å²) in [6.07, 6.45) is 28.7. The van der Waals surface area contributed by atoms with E-state index in [4.69, 9.17) is 21.1 Å². The second kappa shape index (κ2) is 14.3. The van der Waals surface area contributed by atoms with E-state index in [-0.39, 0.29) is 10.8 Å².